The molecule has 0 spiro atoms. The van der Waals surface area contributed by atoms with E-state index in [0.29, 0.717) is 45.6 Å². The van der Waals surface area contributed by atoms with Crippen molar-refractivity contribution >= 4 is 29.8 Å². The first kappa shape index (κ1) is 26.8. The highest BCUT2D eigenvalue weighted by molar-refractivity contribution is 6.04. The molecule has 194 valence electrons. The Hall–Kier alpha value is -4.79. The molecular weight excluding hydrogens is 478 g/mol. The topological polar surface area (TPSA) is 116 Å². The molecule has 0 unspecified atom stereocenters. The Bertz CT molecular complexity index is 1300. The zero-order valence-corrected chi connectivity index (χ0v) is 21.2. The van der Waals surface area contributed by atoms with Crippen LogP contribution >= 0.6 is 0 Å². The van der Waals surface area contributed by atoms with Crippen molar-refractivity contribution in [3.05, 3.63) is 65.2 Å². The summed E-state index contributed by atoms with van der Waals surface area (Å²) in [6.45, 7) is 0. The maximum Gasteiger partial charge on any atom is 0.248 e. The normalized spacial score (nSPS) is 10.9. The average Bonchev–Trinajstić information content (AvgIpc) is 2.91. The lowest BCUT2D eigenvalue weighted by molar-refractivity contribution is -0.111. The summed E-state index contributed by atoms with van der Waals surface area (Å²) in [6.07, 6.45) is 6.44. The highest BCUT2D eigenvalue weighted by atomic mass is 16.5. The molecule has 3 rings (SSSR count). The number of benzene rings is 3. The Labute approximate surface area is 215 Å². The Morgan fingerprint density at radius 1 is 0.676 bits per heavy atom. The van der Waals surface area contributed by atoms with Crippen LogP contribution in [0.25, 0.3) is 18.2 Å². The lowest BCUT2D eigenvalue weighted by atomic mass is 10.1. The maximum atomic E-state index is 12.8. The number of carbonyl (C=O) groups is 1. The highest BCUT2D eigenvalue weighted by Crippen LogP contribution is 2.41. The molecule has 0 bridgehead atoms. The molecule has 0 saturated carbocycles. The zero-order chi connectivity index (χ0) is 26.9. The second-order valence-electron chi connectivity index (χ2n) is 7.63. The smallest absolute Gasteiger partial charge is 0.248 e. The molecule has 3 N–H and O–H groups in total. The van der Waals surface area contributed by atoms with Gasteiger partial charge in [-0.15, -0.1) is 0 Å². The van der Waals surface area contributed by atoms with Gasteiger partial charge in [0.05, 0.1) is 41.2 Å². The number of anilines is 1. The number of rotatable bonds is 10. The van der Waals surface area contributed by atoms with E-state index in [9.17, 15) is 15.0 Å². The Morgan fingerprint density at radius 2 is 1.32 bits per heavy atom. The summed E-state index contributed by atoms with van der Waals surface area (Å²) in [6, 6.07) is 11.4. The number of nitrogens with one attached hydrogen (secondary N) is 1. The van der Waals surface area contributed by atoms with Crippen LogP contribution in [-0.4, -0.2) is 51.7 Å². The van der Waals surface area contributed by atoms with Gasteiger partial charge in [0.25, 0.3) is 0 Å². The number of ether oxygens (including phenoxy) is 5. The molecule has 9 nitrogen and oxygen atoms in total. The second kappa shape index (κ2) is 12.3. The van der Waals surface area contributed by atoms with Gasteiger partial charge >= 0.3 is 0 Å². The van der Waals surface area contributed by atoms with E-state index in [2.05, 4.69) is 5.32 Å². The minimum absolute atomic E-state index is 0.244. The third-order valence-electron chi connectivity index (χ3n) is 5.40. The Kier molecular flexibility index (Phi) is 8.88. The summed E-state index contributed by atoms with van der Waals surface area (Å²) in [4.78, 5) is 12.8. The molecule has 0 aliphatic rings. The van der Waals surface area contributed by atoms with Crippen molar-refractivity contribution in [2.45, 2.75) is 0 Å². The minimum Gasteiger partial charge on any atom is -0.504 e. The molecule has 3 aromatic carbocycles. The lowest BCUT2D eigenvalue weighted by Gasteiger charge is -2.16. The molecule has 0 saturated heterocycles. The largest absolute Gasteiger partial charge is 0.504 e. The van der Waals surface area contributed by atoms with Gasteiger partial charge in [0, 0.05) is 11.6 Å². The van der Waals surface area contributed by atoms with Gasteiger partial charge in [-0.3, -0.25) is 4.79 Å². The molecule has 0 aliphatic carbocycles. The van der Waals surface area contributed by atoms with Crippen LogP contribution in [0, 0.1) is 0 Å². The van der Waals surface area contributed by atoms with Crippen molar-refractivity contribution in [3.63, 3.8) is 0 Å². The lowest BCUT2D eigenvalue weighted by Crippen LogP contribution is -2.11. The summed E-state index contributed by atoms with van der Waals surface area (Å²) in [7, 11) is 7.61. The van der Waals surface area contributed by atoms with Gasteiger partial charge in [-0.25, -0.2) is 0 Å². The number of methoxy groups -OCH3 is 5. The fraction of sp³-hybridized carbons (Fsp3) is 0.179. The predicted octanol–water partition coefficient (Wildman–Crippen LogP) is 4.96. The summed E-state index contributed by atoms with van der Waals surface area (Å²) in [5, 5.41) is 22.0. The summed E-state index contributed by atoms with van der Waals surface area (Å²) in [5.41, 5.74) is 2.35. The van der Waals surface area contributed by atoms with Crippen LogP contribution in [0.1, 0.15) is 16.7 Å². The van der Waals surface area contributed by atoms with Crippen molar-refractivity contribution in [1.82, 2.24) is 0 Å². The van der Waals surface area contributed by atoms with Crippen LogP contribution in [0.2, 0.25) is 0 Å². The SMILES string of the molecule is COc1cc(/C=C/c2ccc(OC)c(OC)c2NC(=O)/C=C/c2ccc(O)c(O)c2)cc(OC)c1OC. The van der Waals surface area contributed by atoms with E-state index in [4.69, 9.17) is 23.7 Å². The molecule has 37 heavy (non-hydrogen) atoms. The van der Waals surface area contributed by atoms with E-state index in [0.717, 1.165) is 5.56 Å². The number of phenolic OH excluding ortho intramolecular Hbond substituents is 2. The first-order valence-corrected chi connectivity index (χ1v) is 11.1. The van der Waals surface area contributed by atoms with Gasteiger partial charge in [0.2, 0.25) is 11.7 Å². The van der Waals surface area contributed by atoms with Crippen LogP contribution in [0.15, 0.2) is 48.5 Å². The van der Waals surface area contributed by atoms with Crippen molar-refractivity contribution in [2.75, 3.05) is 40.9 Å². The first-order valence-electron chi connectivity index (χ1n) is 11.1. The molecule has 0 fully saturated rings. The van der Waals surface area contributed by atoms with E-state index in [1.165, 1.54) is 45.6 Å². The van der Waals surface area contributed by atoms with Crippen molar-refractivity contribution in [3.8, 4) is 40.2 Å². The number of phenols is 2. The number of hydrogen-bond acceptors (Lipinski definition) is 8. The first-order chi connectivity index (χ1) is 17.8. The summed E-state index contributed by atoms with van der Waals surface area (Å²) in [5.74, 6) is 1.31. The van der Waals surface area contributed by atoms with Gasteiger partial charge in [-0.2, -0.15) is 0 Å². The van der Waals surface area contributed by atoms with Gasteiger partial charge in [-0.05, 0) is 53.6 Å². The Morgan fingerprint density at radius 3 is 1.89 bits per heavy atom. The fourth-order valence-electron chi connectivity index (χ4n) is 3.57. The van der Waals surface area contributed by atoms with Gasteiger partial charge in [-0.1, -0.05) is 18.2 Å². The van der Waals surface area contributed by atoms with E-state index in [-0.39, 0.29) is 11.5 Å². The third-order valence-corrected chi connectivity index (χ3v) is 5.40. The van der Waals surface area contributed by atoms with Gasteiger partial charge in [0.15, 0.2) is 34.5 Å². The van der Waals surface area contributed by atoms with Gasteiger partial charge in [0.1, 0.15) is 0 Å². The van der Waals surface area contributed by atoms with Gasteiger partial charge < -0.3 is 39.2 Å². The Balaban J connectivity index is 1.96. The van der Waals surface area contributed by atoms with Crippen LogP contribution in [0.3, 0.4) is 0 Å². The van der Waals surface area contributed by atoms with Crippen LogP contribution in [0.5, 0.6) is 40.2 Å². The molecule has 1 amide bonds. The van der Waals surface area contributed by atoms with Crippen LogP contribution < -0.4 is 29.0 Å². The molecule has 0 aromatic heterocycles. The van der Waals surface area contributed by atoms with E-state index in [1.54, 1.807) is 50.6 Å². The quantitative estimate of drug-likeness (QED) is 0.200. The zero-order valence-electron chi connectivity index (χ0n) is 21.2. The van der Waals surface area contributed by atoms with E-state index >= 15 is 0 Å². The predicted molar refractivity (Wildman–Crippen MR) is 142 cm³/mol. The number of amides is 1. The van der Waals surface area contributed by atoms with Crippen molar-refractivity contribution in [1.29, 1.82) is 0 Å². The van der Waals surface area contributed by atoms with E-state index < -0.39 is 5.91 Å². The summed E-state index contributed by atoms with van der Waals surface area (Å²) < 4.78 is 27.2. The third kappa shape index (κ3) is 6.26. The standard InChI is InChI=1S/C28H29NO8/c1-33-22-12-10-19(9-6-18-15-23(34-2)27(36-4)24(16-18)35-3)26(28(22)37-5)29-25(32)13-8-17-7-11-20(30)21(31)14-17/h6-16,30-31H,1-5H3,(H,29,32)/b9-6+,13-8+. The van der Waals surface area contributed by atoms with Crippen molar-refractivity contribution in [2.24, 2.45) is 0 Å². The molecule has 3 aromatic rings. The number of aromatic hydroxyl groups is 2. The number of hydrogen-bond donors (Lipinski definition) is 3. The molecule has 0 radical (unpaired) electrons. The minimum atomic E-state index is -0.443. The highest BCUT2D eigenvalue weighted by Gasteiger charge is 2.16. The monoisotopic (exact) mass is 507 g/mol. The average molecular weight is 508 g/mol. The molecule has 9 heteroatoms. The number of carbonyl (C=O) groups excluding carboxylic acids is 1. The van der Waals surface area contributed by atoms with E-state index in [1.807, 2.05) is 6.08 Å². The maximum absolute atomic E-state index is 12.8. The summed E-state index contributed by atoms with van der Waals surface area (Å²) >= 11 is 0. The molecule has 0 atom stereocenters. The molecular formula is C28H29NO8. The van der Waals surface area contributed by atoms with Crippen molar-refractivity contribution < 1.29 is 38.7 Å². The second-order valence-corrected chi connectivity index (χ2v) is 7.63. The molecule has 0 heterocycles. The molecule has 0 aliphatic heterocycles. The van der Waals surface area contributed by atoms with Crippen LogP contribution in [-0.2, 0) is 4.79 Å². The van der Waals surface area contributed by atoms with Crippen LogP contribution in [0.4, 0.5) is 5.69 Å². The fourth-order valence-corrected chi connectivity index (χ4v) is 3.57.